The van der Waals surface area contributed by atoms with Crippen molar-refractivity contribution in [2.24, 2.45) is 0 Å². The normalized spacial score (nSPS) is 19.5. The second-order valence-corrected chi connectivity index (χ2v) is 8.21. The molecule has 1 unspecified atom stereocenters. The molecule has 0 saturated carbocycles. The molecule has 0 N–H and O–H groups in total. The fourth-order valence-electron chi connectivity index (χ4n) is 2.97. The molecule has 1 fully saturated rings. The Hall–Kier alpha value is -1.56. The number of amides is 1. The number of sulfone groups is 1. The predicted molar refractivity (Wildman–Crippen MR) is 90.4 cm³/mol. The number of ether oxygens (including phenoxy) is 1. The van der Waals surface area contributed by atoms with Crippen LogP contribution >= 0.6 is 0 Å². The molecule has 6 heteroatoms. The summed E-state index contributed by atoms with van der Waals surface area (Å²) in [4.78, 5) is 14.5. The molecule has 5 nitrogen and oxygen atoms in total. The van der Waals surface area contributed by atoms with Crippen LogP contribution in [0.15, 0.2) is 24.3 Å². The molecule has 128 valence electrons. The van der Waals surface area contributed by atoms with E-state index in [2.05, 4.69) is 6.92 Å². The van der Waals surface area contributed by atoms with Crippen molar-refractivity contribution in [3.8, 4) is 5.75 Å². The monoisotopic (exact) mass is 339 g/mol. The van der Waals surface area contributed by atoms with E-state index in [1.807, 2.05) is 24.3 Å². The largest absolute Gasteiger partial charge is 0.496 e. The van der Waals surface area contributed by atoms with Crippen LogP contribution in [-0.2, 0) is 21.1 Å². The Balaban J connectivity index is 2.13. The lowest BCUT2D eigenvalue weighted by Crippen LogP contribution is -2.42. The van der Waals surface area contributed by atoms with Gasteiger partial charge in [-0.05, 0) is 18.9 Å². The minimum atomic E-state index is -3.00. The number of hydrogen-bond donors (Lipinski definition) is 0. The fourth-order valence-corrected chi connectivity index (χ4v) is 4.70. The molecule has 1 amide bonds. The summed E-state index contributed by atoms with van der Waals surface area (Å²) in [6.45, 7) is 2.68. The molecule has 0 radical (unpaired) electrons. The topological polar surface area (TPSA) is 63.7 Å². The van der Waals surface area contributed by atoms with E-state index < -0.39 is 9.84 Å². The zero-order valence-electron chi connectivity index (χ0n) is 13.8. The summed E-state index contributed by atoms with van der Waals surface area (Å²) in [6, 6.07) is 7.26. The van der Waals surface area contributed by atoms with Crippen LogP contribution in [-0.4, -0.2) is 50.4 Å². The maximum atomic E-state index is 12.8. The average Bonchev–Trinajstić information content (AvgIpc) is 2.88. The highest BCUT2D eigenvalue weighted by molar-refractivity contribution is 7.91. The van der Waals surface area contributed by atoms with Crippen molar-refractivity contribution in [3.05, 3.63) is 29.8 Å². The smallest absolute Gasteiger partial charge is 0.227 e. The quantitative estimate of drug-likeness (QED) is 0.763. The average molecular weight is 339 g/mol. The van der Waals surface area contributed by atoms with Crippen LogP contribution in [0.3, 0.4) is 0 Å². The lowest BCUT2D eigenvalue weighted by Gasteiger charge is -2.28. The maximum absolute atomic E-state index is 12.8. The lowest BCUT2D eigenvalue weighted by atomic mass is 10.1. The van der Waals surface area contributed by atoms with Crippen LogP contribution in [0.2, 0.25) is 0 Å². The van der Waals surface area contributed by atoms with Crippen LogP contribution in [0.5, 0.6) is 5.75 Å². The van der Waals surface area contributed by atoms with Gasteiger partial charge in [0.05, 0.1) is 25.0 Å². The number of benzene rings is 1. The van der Waals surface area contributed by atoms with E-state index >= 15 is 0 Å². The molecule has 0 aliphatic carbocycles. The fraction of sp³-hybridized carbons (Fsp3) is 0.588. The number of methoxy groups -OCH3 is 1. The van der Waals surface area contributed by atoms with Crippen molar-refractivity contribution in [2.45, 2.75) is 38.6 Å². The van der Waals surface area contributed by atoms with Crippen molar-refractivity contribution in [2.75, 3.05) is 25.2 Å². The molecular weight excluding hydrogens is 314 g/mol. The van der Waals surface area contributed by atoms with Gasteiger partial charge in [-0.3, -0.25) is 4.79 Å². The summed E-state index contributed by atoms with van der Waals surface area (Å²) in [6.07, 6.45) is 2.64. The summed E-state index contributed by atoms with van der Waals surface area (Å²) in [5.74, 6) is 0.941. The van der Waals surface area contributed by atoms with Crippen molar-refractivity contribution < 1.29 is 17.9 Å². The molecule has 1 aliphatic rings. The second-order valence-electron chi connectivity index (χ2n) is 5.99. The SMILES string of the molecule is CCCCN(C(=O)Cc1ccccc1OC)C1CCS(=O)(=O)C1. The van der Waals surface area contributed by atoms with Gasteiger partial charge in [0.2, 0.25) is 5.91 Å². The number of carbonyl (C=O) groups is 1. The first-order valence-electron chi connectivity index (χ1n) is 8.08. The highest BCUT2D eigenvalue weighted by atomic mass is 32.2. The molecule has 1 heterocycles. The van der Waals surface area contributed by atoms with Crippen LogP contribution in [0.4, 0.5) is 0 Å². The third kappa shape index (κ3) is 4.70. The highest BCUT2D eigenvalue weighted by Gasteiger charge is 2.34. The van der Waals surface area contributed by atoms with Crippen molar-refractivity contribution in [3.63, 3.8) is 0 Å². The number of rotatable bonds is 7. The van der Waals surface area contributed by atoms with Crippen molar-refractivity contribution in [1.29, 1.82) is 0 Å². The third-order valence-electron chi connectivity index (χ3n) is 4.26. The van der Waals surface area contributed by atoms with E-state index in [1.54, 1.807) is 12.0 Å². The van der Waals surface area contributed by atoms with E-state index in [0.29, 0.717) is 18.7 Å². The minimum Gasteiger partial charge on any atom is -0.496 e. The Bertz CT molecular complexity index is 642. The van der Waals surface area contributed by atoms with Gasteiger partial charge in [0.15, 0.2) is 9.84 Å². The summed E-state index contributed by atoms with van der Waals surface area (Å²) in [7, 11) is -1.42. The molecule has 2 rings (SSSR count). The molecule has 23 heavy (non-hydrogen) atoms. The first-order chi connectivity index (χ1) is 11.0. The van der Waals surface area contributed by atoms with Gasteiger partial charge in [0, 0.05) is 18.2 Å². The molecule has 1 saturated heterocycles. The van der Waals surface area contributed by atoms with Gasteiger partial charge in [0.25, 0.3) is 0 Å². The molecular formula is C17H25NO4S. The van der Waals surface area contributed by atoms with E-state index in [9.17, 15) is 13.2 Å². The van der Waals surface area contributed by atoms with E-state index in [-0.39, 0.29) is 29.9 Å². The van der Waals surface area contributed by atoms with Gasteiger partial charge in [-0.15, -0.1) is 0 Å². The summed E-state index contributed by atoms with van der Waals surface area (Å²) >= 11 is 0. The number of carbonyl (C=O) groups excluding carboxylic acids is 1. The van der Waals surface area contributed by atoms with E-state index in [1.165, 1.54) is 0 Å². The zero-order valence-corrected chi connectivity index (χ0v) is 14.6. The van der Waals surface area contributed by atoms with Crippen molar-refractivity contribution >= 4 is 15.7 Å². The van der Waals surface area contributed by atoms with Gasteiger partial charge < -0.3 is 9.64 Å². The number of nitrogens with zero attached hydrogens (tertiary/aromatic N) is 1. The van der Waals surface area contributed by atoms with Gasteiger partial charge in [-0.1, -0.05) is 31.5 Å². The van der Waals surface area contributed by atoms with Gasteiger partial charge in [-0.2, -0.15) is 0 Å². The molecule has 1 aromatic carbocycles. The molecule has 0 aromatic heterocycles. The van der Waals surface area contributed by atoms with Gasteiger partial charge in [0.1, 0.15) is 5.75 Å². The molecule has 0 spiro atoms. The Morgan fingerprint density at radius 1 is 1.35 bits per heavy atom. The second kappa shape index (κ2) is 7.81. The lowest BCUT2D eigenvalue weighted by molar-refractivity contribution is -0.132. The van der Waals surface area contributed by atoms with Crippen molar-refractivity contribution in [1.82, 2.24) is 4.90 Å². The zero-order chi connectivity index (χ0) is 16.9. The molecule has 1 atom stereocenters. The predicted octanol–water partition coefficient (Wildman–Crippen LogP) is 2.05. The Morgan fingerprint density at radius 2 is 2.09 bits per heavy atom. The summed E-state index contributed by atoms with van der Waals surface area (Å²) in [5, 5.41) is 0. The number of para-hydroxylation sites is 1. The summed E-state index contributed by atoms with van der Waals surface area (Å²) < 4.78 is 28.8. The van der Waals surface area contributed by atoms with Crippen LogP contribution in [0.1, 0.15) is 31.7 Å². The molecule has 0 bridgehead atoms. The number of hydrogen-bond acceptors (Lipinski definition) is 4. The van der Waals surface area contributed by atoms with E-state index in [0.717, 1.165) is 18.4 Å². The first-order valence-corrected chi connectivity index (χ1v) is 9.90. The van der Waals surface area contributed by atoms with Crippen LogP contribution in [0.25, 0.3) is 0 Å². The van der Waals surface area contributed by atoms with E-state index in [4.69, 9.17) is 4.74 Å². The summed E-state index contributed by atoms with van der Waals surface area (Å²) in [5.41, 5.74) is 0.836. The van der Waals surface area contributed by atoms with Gasteiger partial charge in [-0.25, -0.2) is 8.42 Å². The minimum absolute atomic E-state index is 0.0231. The Kier molecular flexibility index (Phi) is 6.04. The van der Waals surface area contributed by atoms with Crippen LogP contribution < -0.4 is 4.74 Å². The highest BCUT2D eigenvalue weighted by Crippen LogP contribution is 2.22. The molecule has 1 aliphatic heterocycles. The van der Waals surface area contributed by atoms with Crippen LogP contribution in [0, 0.1) is 0 Å². The van der Waals surface area contributed by atoms with Gasteiger partial charge >= 0.3 is 0 Å². The Labute approximate surface area is 138 Å². The standard InChI is InChI=1S/C17H25NO4S/c1-3-4-10-18(15-9-11-23(20,21)13-15)17(19)12-14-7-5-6-8-16(14)22-2/h5-8,15H,3-4,9-13H2,1-2H3. The Morgan fingerprint density at radius 3 is 2.70 bits per heavy atom. The maximum Gasteiger partial charge on any atom is 0.227 e. The first kappa shape index (κ1) is 17.8. The number of unbranched alkanes of at least 4 members (excludes halogenated alkanes) is 1. The molecule has 1 aromatic rings. The third-order valence-corrected chi connectivity index (χ3v) is 6.01.